The highest BCUT2D eigenvalue weighted by Gasteiger charge is 2.11. The van der Waals surface area contributed by atoms with Gasteiger partial charge in [0.2, 0.25) is 0 Å². The van der Waals surface area contributed by atoms with Gasteiger partial charge in [-0.1, -0.05) is 42.3 Å². The van der Waals surface area contributed by atoms with E-state index >= 15 is 0 Å². The second kappa shape index (κ2) is 7.83. The first kappa shape index (κ1) is 14.7. The smallest absolute Gasteiger partial charge is 0.124 e. The third kappa shape index (κ3) is 5.17. The van der Waals surface area contributed by atoms with E-state index < -0.39 is 0 Å². The van der Waals surface area contributed by atoms with E-state index in [9.17, 15) is 4.39 Å². The molecule has 0 radical (unpaired) electrons. The van der Waals surface area contributed by atoms with Crippen molar-refractivity contribution in [3.05, 3.63) is 34.1 Å². The lowest BCUT2D eigenvalue weighted by Crippen LogP contribution is -2.24. The molecule has 0 aliphatic rings. The van der Waals surface area contributed by atoms with Crippen LogP contribution >= 0.6 is 15.9 Å². The zero-order valence-electron chi connectivity index (χ0n) is 10.6. The molecule has 0 heterocycles. The van der Waals surface area contributed by atoms with Crippen molar-refractivity contribution in [2.24, 2.45) is 5.92 Å². The van der Waals surface area contributed by atoms with E-state index in [1.54, 1.807) is 6.07 Å². The van der Waals surface area contributed by atoms with Crippen LogP contribution in [0.25, 0.3) is 0 Å². The Labute approximate surface area is 112 Å². The minimum atomic E-state index is -0.181. The Bertz CT molecular complexity index is 341. The molecule has 0 aliphatic heterocycles. The second-order valence-electron chi connectivity index (χ2n) is 4.40. The summed E-state index contributed by atoms with van der Waals surface area (Å²) in [5, 5.41) is 3.39. The average molecular weight is 302 g/mol. The van der Waals surface area contributed by atoms with E-state index in [1.165, 1.54) is 24.5 Å². The summed E-state index contributed by atoms with van der Waals surface area (Å²) >= 11 is 3.43. The molecule has 1 unspecified atom stereocenters. The number of rotatable bonds is 7. The van der Waals surface area contributed by atoms with Crippen molar-refractivity contribution in [1.82, 2.24) is 5.32 Å². The van der Waals surface area contributed by atoms with Gasteiger partial charge in [-0.05, 0) is 49.5 Å². The lowest BCUT2D eigenvalue weighted by atomic mass is 9.95. The van der Waals surface area contributed by atoms with Crippen LogP contribution in [0.4, 0.5) is 4.39 Å². The zero-order chi connectivity index (χ0) is 12.7. The molecule has 0 aliphatic carbocycles. The molecule has 96 valence electrons. The number of benzene rings is 1. The van der Waals surface area contributed by atoms with Crippen LogP contribution in [0, 0.1) is 11.7 Å². The summed E-state index contributed by atoms with van der Waals surface area (Å²) in [5.74, 6) is 0.445. The van der Waals surface area contributed by atoms with E-state index in [4.69, 9.17) is 0 Å². The zero-order valence-corrected chi connectivity index (χ0v) is 12.2. The average Bonchev–Trinajstić information content (AvgIpc) is 2.29. The van der Waals surface area contributed by atoms with E-state index in [1.807, 2.05) is 6.07 Å². The predicted molar refractivity (Wildman–Crippen MR) is 74.7 cm³/mol. The molecule has 0 fully saturated rings. The Morgan fingerprint density at radius 1 is 1.35 bits per heavy atom. The molecule has 3 heteroatoms. The minimum Gasteiger partial charge on any atom is -0.317 e. The molecular formula is C14H21BrFN. The van der Waals surface area contributed by atoms with Gasteiger partial charge in [0.15, 0.2) is 0 Å². The molecule has 1 aromatic rings. The molecule has 1 nitrogen and oxygen atoms in total. The summed E-state index contributed by atoms with van der Waals surface area (Å²) in [6, 6.07) is 4.97. The summed E-state index contributed by atoms with van der Waals surface area (Å²) in [6.07, 6.45) is 3.40. The van der Waals surface area contributed by atoms with Crippen LogP contribution < -0.4 is 5.32 Å². The van der Waals surface area contributed by atoms with Crippen molar-refractivity contribution in [1.29, 1.82) is 0 Å². The Morgan fingerprint density at radius 3 is 2.71 bits per heavy atom. The van der Waals surface area contributed by atoms with Crippen molar-refractivity contribution in [3.63, 3.8) is 0 Å². The maximum Gasteiger partial charge on any atom is 0.124 e. The quantitative estimate of drug-likeness (QED) is 0.797. The normalized spacial score (nSPS) is 12.7. The Kier molecular flexibility index (Phi) is 6.75. The molecule has 0 spiro atoms. The molecule has 0 saturated heterocycles. The topological polar surface area (TPSA) is 12.0 Å². The van der Waals surface area contributed by atoms with Crippen LogP contribution in [0.3, 0.4) is 0 Å². The molecule has 1 rings (SSSR count). The first-order valence-corrected chi connectivity index (χ1v) is 7.11. The van der Waals surface area contributed by atoms with Crippen LogP contribution in [-0.2, 0) is 6.42 Å². The van der Waals surface area contributed by atoms with Crippen molar-refractivity contribution < 1.29 is 4.39 Å². The highest BCUT2D eigenvalue weighted by molar-refractivity contribution is 9.10. The highest BCUT2D eigenvalue weighted by Crippen LogP contribution is 2.22. The van der Waals surface area contributed by atoms with Gasteiger partial charge in [-0.2, -0.15) is 0 Å². The fourth-order valence-corrected chi connectivity index (χ4v) is 2.54. The summed E-state index contributed by atoms with van der Waals surface area (Å²) in [6.45, 7) is 6.37. The predicted octanol–water partition coefficient (Wildman–Crippen LogP) is 4.16. The van der Waals surface area contributed by atoms with Gasteiger partial charge in [0.1, 0.15) is 5.82 Å². The van der Waals surface area contributed by atoms with Crippen LogP contribution in [0.15, 0.2) is 22.7 Å². The van der Waals surface area contributed by atoms with Crippen molar-refractivity contribution >= 4 is 15.9 Å². The summed E-state index contributed by atoms with van der Waals surface area (Å²) in [5.41, 5.74) is 1.20. The minimum absolute atomic E-state index is 0.181. The van der Waals surface area contributed by atoms with Gasteiger partial charge >= 0.3 is 0 Å². The number of nitrogens with one attached hydrogen (secondary N) is 1. The molecule has 17 heavy (non-hydrogen) atoms. The Hall–Kier alpha value is -0.410. The molecular weight excluding hydrogens is 281 g/mol. The first-order valence-electron chi connectivity index (χ1n) is 6.32. The van der Waals surface area contributed by atoms with E-state index in [-0.39, 0.29) is 5.82 Å². The van der Waals surface area contributed by atoms with Gasteiger partial charge in [0.05, 0.1) is 0 Å². The largest absolute Gasteiger partial charge is 0.317 e. The van der Waals surface area contributed by atoms with Gasteiger partial charge in [-0.15, -0.1) is 0 Å². The lowest BCUT2D eigenvalue weighted by Gasteiger charge is -2.17. The van der Waals surface area contributed by atoms with Gasteiger partial charge in [-0.25, -0.2) is 4.39 Å². The maximum atomic E-state index is 13.0. The van der Waals surface area contributed by atoms with Crippen LogP contribution in [-0.4, -0.2) is 13.1 Å². The highest BCUT2D eigenvalue weighted by atomic mass is 79.9. The Morgan fingerprint density at radius 2 is 2.12 bits per heavy atom. The molecule has 1 N–H and O–H groups in total. The standard InChI is InChI=1S/C14H21BrFN/c1-3-5-11(10-17-4-2)8-12-6-7-13(16)9-14(12)15/h6-7,9,11,17H,3-5,8,10H2,1-2H3. The number of hydrogen-bond acceptors (Lipinski definition) is 1. The van der Waals surface area contributed by atoms with E-state index in [0.717, 1.165) is 24.0 Å². The molecule has 0 amide bonds. The lowest BCUT2D eigenvalue weighted by molar-refractivity contribution is 0.443. The molecule has 0 saturated carbocycles. The van der Waals surface area contributed by atoms with Crippen molar-refractivity contribution in [2.45, 2.75) is 33.1 Å². The summed E-state index contributed by atoms with van der Waals surface area (Å²) in [4.78, 5) is 0. The van der Waals surface area contributed by atoms with Crippen LogP contribution in [0.1, 0.15) is 32.3 Å². The fraction of sp³-hybridized carbons (Fsp3) is 0.571. The van der Waals surface area contributed by atoms with Crippen LogP contribution in [0.5, 0.6) is 0 Å². The van der Waals surface area contributed by atoms with Crippen LogP contribution in [0.2, 0.25) is 0 Å². The van der Waals surface area contributed by atoms with Gasteiger partial charge < -0.3 is 5.32 Å². The summed E-state index contributed by atoms with van der Waals surface area (Å²) < 4.78 is 13.9. The van der Waals surface area contributed by atoms with Crippen molar-refractivity contribution in [2.75, 3.05) is 13.1 Å². The monoisotopic (exact) mass is 301 g/mol. The second-order valence-corrected chi connectivity index (χ2v) is 5.26. The first-order chi connectivity index (χ1) is 8.17. The SMILES string of the molecule is CCCC(CNCC)Cc1ccc(F)cc1Br. The number of halogens is 2. The van der Waals surface area contributed by atoms with Gasteiger partial charge in [-0.3, -0.25) is 0 Å². The fourth-order valence-electron chi connectivity index (χ4n) is 2.03. The summed E-state index contributed by atoms with van der Waals surface area (Å²) in [7, 11) is 0. The third-order valence-corrected chi connectivity index (χ3v) is 3.64. The molecule has 0 bridgehead atoms. The van der Waals surface area contributed by atoms with E-state index in [2.05, 4.69) is 35.1 Å². The Balaban J connectivity index is 2.64. The molecule has 1 atom stereocenters. The van der Waals surface area contributed by atoms with Crippen molar-refractivity contribution in [3.8, 4) is 0 Å². The maximum absolute atomic E-state index is 13.0. The van der Waals surface area contributed by atoms with E-state index in [0.29, 0.717) is 5.92 Å². The molecule has 1 aromatic carbocycles. The number of hydrogen-bond donors (Lipinski definition) is 1. The molecule has 0 aromatic heterocycles. The van der Waals surface area contributed by atoms with Gasteiger partial charge in [0, 0.05) is 4.47 Å². The third-order valence-electron chi connectivity index (χ3n) is 2.90. The van der Waals surface area contributed by atoms with Gasteiger partial charge in [0.25, 0.3) is 0 Å².